The molecule has 126 valence electrons. The number of nitrogens with zero attached hydrogens (tertiary/aromatic N) is 3. The van der Waals surface area contributed by atoms with E-state index in [0.29, 0.717) is 17.7 Å². The summed E-state index contributed by atoms with van der Waals surface area (Å²) in [5.41, 5.74) is 1.68. The van der Waals surface area contributed by atoms with Crippen molar-refractivity contribution in [2.45, 2.75) is 13.2 Å². The number of hydrogen-bond acceptors (Lipinski definition) is 5. The van der Waals surface area contributed by atoms with Crippen molar-refractivity contribution < 1.29 is 14.5 Å². The topological polar surface area (TPSA) is 87.3 Å². The molecule has 2 aromatic carbocycles. The smallest absolute Gasteiger partial charge is 0.338 e. The summed E-state index contributed by atoms with van der Waals surface area (Å²) in [5.74, 6) is -0.524. The van der Waals surface area contributed by atoms with E-state index >= 15 is 0 Å². The fraction of sp³-hybridized carbons (Fsp3) is 0.111. The molecule has 0 unspecified atom stereocenters. The maximum atomic E-state index is 12.1. The Kier molecular flexibility index (Phi) is 4.84. The molecule has 0 aliphatic rings. The van der Waals surface area contributed by atoms with Gasteiger partial charge in [-0.25, -0.2) is 4.79 Å². The number of ether oxygens (including phenoxy) is 1. The van der Waals surface area contributed by atoms with Gasteiger partial charge in [-0.2, -0.15) is 5.10 Å². The molecule has 0 saturated heterocycles. The number of carbonyl (C=O) groups excluding carboxylic acids is 1. The first-order valence-corrected chi connectivity index (χ1v) is 7.59. The van der Waals surface area contributed by atoms with Gasteiger partial charge in [0, 0.05) is 18.5 Å². The Labute approximate surface area is 143 Å². The lowest BCUT2D eigenvalue weighted by molar-refractivity contribution is -0.385. The van der Waals surface area contributed by atoms with Crippen LogP contribution in [0, 0.1) is 10.1 Å². The Morgan fingerprint density at radius 1 is 1.12 bits per heavy atom. The average Bonchev–Trinajstić information content (AvgIpc) is 3.13. The number of esters is 1. The second-order valence-electron chi connectivity index (χ2n) is 5.36. The van der Waals surface area contributed by atoms with Crippen molar-refractivity contribution in [3.63, 3.8) is 0 Å². The van der Waals surface area contributed by atoms with E-state index in [0.717, 1.165) is 5.56 Å². The van der Waals surface area contributed by atoms with Gasteiger partial charge in [-0.05, 0) is 29.8 Å². The molecule has 1 aromatic heterocycles. The fourth-order valence-electron chi connectivity index (χ4n) is 2.36. The zero-order valence-corrected chi connectivity index (χ0v) is 13.2. The standard InChI is InChI=1S/C18H15N3O4/c22-18(25-13-16-4-1-2-5-17(16)21(23)24)15-8-6-14(7-9-15)12-20-11-3-10-19-20/h1-11H,12-13H2. The van der Waals surface area contributed by atoms with Crippen molar-refractivity contribution in [3.8, 4) is 0 Å². The van der Waals surface area contributed by atoms with Gasteiger partial charge in [0.15, 0.2) is 0 Å². The predicted molar refractivity (Wildman–Crippen MR) is 90.0 cm³/mol. The highest BCUT2D eigenvalue weighted by atomic mass is 16.6. The number of rotatable bonds is 6. The second-order valence-corrected chi connectivity index (χ2v) is 5.36. The minimum absolute atomic E-state index is 0.0649. The molecular weight excluding hydrogens is 322 g/mol. The molecular formula is C18H15N3O4. The number of nitro benzene ring substituents is 1. The van der Waals surface area contributed by atoms with Gasteiger partial charge >= 0.3 is 5.97 Å². The molecule has 0 N–H and O–H groups in total. The maximum Gasteiger partial charge on any atom is 0.338 e. The summed E-state index contributed by atoms with van der Waals surface area (Å²) in [5, 5.41) is 15.1. The molecule has 0 radical (unpaired) electrons. The minimum Gasteiger partial charge on any atom is -0.457 e. The van der Waals surface area contributed by atoms with Crippen molar-refractivity contribution >= 4 is 11.7 Å². The monoisotopic (exact) mass is 337 g/mol. The summed E-state index contributed by atoms with van der Waals surface area (Å²) in [4.78, 5) is 22.6. The number of para-hydroxylation sites is 1. The Balaban J connectivity index is 1.63. The Bertz CT molecular complexity index is 874. The molecule has 0 bridgehead atoms. The van der Waals surface area contributed by atoms with E-state index in [4.69, 9.17) is 4.74 Å². The predicted octanol–water partition coefficient (Wildman–Crippen LogP) is 3.20. The summed E-state index contributed by atoms with van der Waals surface area (Å²) >= 11 is 0. The van der Waals surface area contributed by atoms with Crippen molar-refractivity contribution in [1.29, 1.82) is 0 Å². The normalized spacial score (nSPS) is 10.4. The average molecular weight is 337 g/mol. The third-order valence-electron chi connectivity index (χ3n) is 3.64. The molecule has 1 heterocycles. The van der Waals surface area contributed by atoms with Gasteiger partial charge in [0.2, 0.25) is 0 Å². The van der Waals surface area contributed by atoms with Crippen molar-refractivity contribution in [1.82, 2.24) is 9.78 Å². The van der Waals surface area contributed by atoms with Crippen LogP contribution in [0.3, 0.4) is 0 Å². The molecule has 0 saturated carbocycles. The van der Waals surface area contributed by atoms with Crippen LogP contribution in [0.4, 0.5) is 5.69 Å². The molecule has 0 aliphatic heterocycles. The SMILES string of the molecule is O=C(OCc1ccccc1[N+](=O)[O-])c1ccc(Cn2cccn2)cc1. The van der Waals surface area contributed by atoms with Crippen molar-refractivity contribution in [3.05, 3.63) is 93.8 Å². The van der Waals surface area contributed by atoms with E-state index in [9.17, 15) is 14.9 Å². The largest absolute Gasteiger partial charge is 0.457 e. The molecule has 7 heteroatoms. The molecule has 0 atom stereocenters. The first-order valence-electron chi connectivity index (χ1n) is 7.59. The van der Waals surface area contributed by atoms with Gasteiger partial charge in [0.1, 0.15) is 6.61 Å². The Morgan fingerprint density at radius 2 is 1.88 bits per heavy atom. The van der Waals surface area contributed by atoms with E-state index in [1.54, 1.807) is 41.2 Å². The molecule has 25 heavy (non-hydrogen) atoms. The van der Waals surface area contributed by atoms with Gasteiger partial charge in [-0.3, -0.25) is 14.8 Å². The van der Waals surface area contributed by atoms with Gasteiger partial charge in [-0.15, -0.1) is 0 Å². The number of nitro groups is 1. The van der Waals surface area contributed by atoms with Gasteiger partial charge in [-0.1, -0.05) is 24.3 Å². The number of aromatic nitrogens is 2. The maximum absolute atomic E-state index is 12.1. The van der Waals surface area contributed by atoms with Crippen LogP contribution in [-0.4, -0.2) is 20.7 Å². The van der Waals surface area contributed by atoms with Crippen LogP contribution in [0.1, 0.15) is 21.5 Å². The third-order valence-corrected chi connectivity index (χ3v) is 3.64. The summed E-state index contributed by atoms with van der Waals surface area (Å²) in [6.45, 7) is 0.462. The van der Waals surface area contributed by atoms with E-state index in [2.05, 4.69) is 5.10 Å². The van der Waals surface area contributed by atoms with Gasteiger partial charge in [0.05, 0.1) is 22.6 Å². The quantitative estimate of drug-likeness (QED) is 0.391. The van der Waals surface area contributed by atoms with Crippen LogP contribution in [0.25, 0.3) is 0 Å². The summed E-state index contributed by atoms with van der Waals surface area (Å²) in [7, 11) is 0. The lowest BCUT2D eigenvalue weighted by atomic mass is 10.1. The number of hydrogen-bond donors (Lipinski definition) is 0. The highest BCUT2D eigenvalue weighted by molar-refractivity contribution is 5.89. The molecule has 3 rings (SSSR count). The lowest BCUT2D eigenvalue weighted by Gasteiger charge is -2.07. The number of carbonyl (C=O) groups is 1. The molecule has 3 aromatic rings. The van der Waals surface area contributed by atoms with Crippen LogP contribution >= 0.6 is 0 Å². The lowest BCUT2D eigenvalue weighted by Crippen LogP contribution is -2.07. The van der Waals surface area contributed by atoms with Crippen molar-refractivity contribution in [2.24, 2.45) is 0 Å². The summed E-state index contributed by atoms with van der Waals surface area (Å²) in [6.07, 6.45) is 3.56. The zero-order chi connectivity index (χ0) is 17.6. The fourth-order valence-corrected chi connectivity index (χ4v) is 2.36. The number of benzene rings is 2. The van der Waals surface area contributed by atoms with E-state index < -0.39 is 10.9 Å². The van der Waals surface area contributed by atoms with Crippen LogP contribution in [-0.2, 0) is 17.9 Å². The van der Waals surface area contributed by atoms with Gasteiger partial charge < -0.3 is 4.74 Å². The van der Waals surface area contributed by atoms with Crippen LogP contribution in [0.5, 0.6) is 0 Å². The summed E-state index contributed by atoms with van der Waals surface area (Å²) < 4.78 is 6.97. The van der Waals surface area contributed by atoms with E-state index in [-0.39, 0.29) is 12.3 Å². The van der Waals surface area contributed by atoms with Crippen LogP contribution < -0.4 is 0 Å². The highest BCUT2D eigenvalue weighted by Gasteiger charge is 2.15. The first kappa shape index (κ1) is 16.4. The van der Waals surface area contributed by atoms with E-state index in [1.807, 2.05) is 24.4 Å². The molecule has 0 fully saturated rings. The minimum atomic E-state index is -0.524. The molecule has 0 amide bonds. The molecule has 0 spiro atoms. The van der Waals surface area contributed by atoms with Crippen molar-refractivity contribution in [2.75, 3.05) is 0 Å². The van der Waals surface area contributed by atoms with E-state index in [1.165, 1.54) is 6.07 Å². The molecule has 0 aliphatic carbocycles. The second kappa shape index (κ2) is 7.39. The highest BCUT2D eigenvalue weighted by Crippen LogP contribution is 2.19. The van der Waals surface area contributed by atoms with Gasteiger partial charge in [0.25, 0.3) is 5.69 Å². The summed E-state index contributed by atoms with van der Waals surface area (Å²) in [6, 6.07) is 15.0. The molecule has 7 nitrogen and oxygen atoms in total. The van der Waals surface area contributed by atoms with Crippen LogP contribution in [0.2, 0.25) is 0 Å². The van der Waals surface area contributed by atoms with Crippen LogP contribution in [0.15, 0.2) is 67.0 Å². The third kappa shape index (κ3) is 4.08. The first-order chi connectivity index (χ1) is 12.1. The zero-order valence-electron chi connectivity index (χ0n) is 13.2. The Morgan fingerprint density at radius 3 is 2.56 bits per heavy atom. The Hall–Kier alpha value is -3.48.